The van der Waals surface area contributed by atoms with E-state index >= 15 is 0 Å². The lowest BCUT2D eigenvalue weighted by molar-refractivity contribution is -0.141. The summed E-state index contributed by atoms with van der Waals surface area (Å²) in [5, 5.41) is 3.29. The molecule has 0 aromatic rings. The summed E-state index contributed by atoms with van der Waals surface area (Å²) in [5.74, 6) is -0.301. The molecule has 1 heterocycles. The molecule has 1 fully saturated rings. The van der Waals surface area contributed by atoms with Gasteiger partial charge in [-0.2, -0.15) is 0 Å². The van der Waals surface area contributed by atoms with Gasteiger partial charge >= 0.3 is 11.9 Å². The molecular formula is C19H38N4O4. The zero-order valence-electron chi connectivity index (χ0n) is 17.4. The van der Waals surface area contributed by atoms with E-state index in [1.54, 1.807) is 0 Å². The van der Waals surface area contributed by atoms with Gasteiger partial charge < -0.3 is 19.7 Å². The quantitative estimate of drug-likeness (QED) is 0.331. The summed E-state index contributed by atoms with van der Waals surface area (Å²) in [6.07, 6.45) is 1.99. The van der Waals surface area contributed by atoms with Gasteiger partial charge in [0.15, 0.2) is 0 Å². The molecule has 1 rings (SSSR count). The number of carbonyl (C=O) groups excluding carboxylic acids is 2. The molecule has 8 nitrogen and oxygen atoms in total. The smallest absolute Gasteiger partial charge is 0.306 e. The van der Waals surface area contributed by atoms with Crippen molar-refractivity contribution in [1.29, 1.82) is 0 Å². The van der Waals surface area contributed by atoms with Gasteiger partial charge in [-0.1, -0.05) is 6.92 Å². The maximum Gasteiger partial charge on any atom is 0.306 e. The molecule has 1 aliphatic rings. The first-order chi connectivity index (χ1) is 13.1. The van der Waals surface area contributed by atoms with E-state index in [9.17, 15) is 9.59 Å². The van der Waals surface area contributed by atoms with E-state index in [4.69, 9.17) is 4.74 Å². The Morgan fingerprint density at radius 3 is 2.04 bits per heavy atom. The maximum absolute atomic E-state index is 11.3. The number of hydrogen-bond donors (Lipinski definition) is 1. The van der Waals surface area contributed by atoms with Crippen LogP contribution in [0.2, 0.25) is 0 Å². The summed E-state index contributed by atoms with van der Waals surface area (Å²) < 4.78 is 9.37. The molecule has 1 aliphatic heterocycles. The van der Waals surface area contributed by atoms with Crippen molar-refractivity contribution < 1.29 is 19.1 Å². The van der Waals surface area contributed by atoms with E-state index in [1.165, 1.54) is 14.2 Å². The average molecular weight is 387 g/mol. The SMILES string of the molecule is CCCN(CCC(=O)OC)CCN1CCN(CCNCCC(=O)OC)CC1. The highest BCUT2D eigenvalue weighted by atomic mass is 16.5. The van der Waals surface area contributed by atoms with Crippen molar-refractivity contribution in [1.82, 2.24) is 20.0 Å². The standard InChI is InChI=1S/C19H38N4O4/c1-4-9-21(10-6-19(25)27-3)12-15-23-16-13-22(14-17-23)11-8-20-7-5-18(24)26-2/h20H,4-17H2,1-3H3. The topological polar surface area (TPSA) is 74.4 Å². The molecule has 0 spiro atoms. The van der Waals surface area contributed by atoms with Crippen LogP contribution in [0.3, 0.4) is 0 Å². The van der Waals surface area contributed by atoms with Gasteiger partial charge in [0.1, 0.15) is 0 Å². The Morgan fingerprint density at radius 2 is 1.44 bits per heavy atom. The van der Waals surface area contributed by atoms with Gasteiger partial charge in [-0.15, -0.1) is 0 Å². The van der Waals surface area contributed by atoms with Gasteiger partial charge in [0, 0.05) is 65.4 Å². The van der Waals surface area contributed by atoms with E-state index in [-0.39, 0.29) is 11.9 Å². The second kappa shape index (κ2) is 14.8. The van der Waals surface area contributed by atoms with Crippen molar-refractivity contribution in [2.45, 2.75) is 26.2 Å². The highest BCUT2D eigenvalue weighted by Crippen LogP contribution is 2.03. The molecule has 27 heavy (non-hydrogen) atoms. The molecule has 8 heteroatoms. The summed E-state index contributed by atoms with van der Waals surface area (Å²) in [7, 11) is 2.86. The van der Waals surface area contributed by atoms with Crippen LogP contribution in [0.5, 0.6) is 0 Å². The zero-order chi connectivity index (χ0) is 19.9. The lowest BCUT2D eigenvalue weighted by Gasteiger charge is -2.35. The van der Waals surface area contributed by atoms with E-state index in [1.807, 2.05) is 0 Å². The number of rotatable bonds is 14. The normalized spacial score (nSPS) is 15.9. The summed E-state index contributed by atoms with van der Waals surface area (Å²) in [6, 6.07) is 0. The number of ether oxygens (including phenoxy) is 2. The van der Waals surface area contributed by atoms with Crippen LogP contribution in [0.25, 0.3) is 0 Å². The fraction of sp³-hybridized carbons (Fsp3) is 0.895. The van der Waals surface area contributed by atoms with Crippen LogP contribution >= 0.6 is 0 Å². The third kappa shape index (κ3) is 11.3. The Bertz CT molecular complexity index is 415. The highest BCUT2D eigenvalue weighted by molar-refractivity contribution is 5.69. The number of nitrogens with zero attached hydrogens (tertiary/aromatic N) is 3. The number of methoxy groups -OCH3 is 2. The van der Waals surface area contributed by atoms with Crippen molar-refractivity contribution in [2.24, 2.45) is 0 Å². The molecule has 158 valence electrons. The molecule has 0 aromatic carbocycles. The molecular weight excluding hydrogens is 348 g/mol. The molecule has 1 saturated heterocycles. The summed E-state index contributed by atoms with van der Waals surface area (Å²) >= 11 is 0. The minimum Gasteiger partial charge on any atom is -0.469 e. The first-order valence-corrected chi connectivity index (χ1v) is 10.1. The lowest BCUT2D eigenvalue weighted by Crippen LogP contribution is -2.49. The fourth-order valence-corrected chi connectivity index (χ4v) is 3.18. The summed E-state index contributed by atoms with van der Waals surface area (Å²) in [5.41, 5.74) is 0. The number of piperazine rings is 1. The first-order valence-electron chi connectivity index (χ1n) is 10.1. The number of hydrogen-bond acceptors (Lipinski definition) is 8. The monoisotopic (exact) mass is 386 g/mol. The molecule has 0 aromatic heterocycles. The predicted molar refractivity (Wildman–Crippen MR) is 106 cm³/mol. The fourth-order valence-electron chi connectivity index (χ4n) is 3.18. The van der Waals surface area contributed by atoms with Crippen LogP contribution in [0.1, 0.15) is 26.2 Å². The van der Waals surface area contributed by atoms with Crippen molar-refractivity contribution >= 4 is 11.9 Å². The van der Waals surface area contributed by atoms with E-state index in [2.05, 4.69) is 31.7 Å². The van der Waals surface area contributed by atoms with E-state index in [0.717, 1.165) is 71.9 Å². The minimum absolute atomic E-state index is 0.134. The van der Waals surface area contributed by atoms with Gasteiger partial charge in [-0.25, -0.2) is 0 Å². The van der Waals surface area contributed by atoms with Crippen LogP contribution < -0.4 is 5.32 Å². The van der Waals surface area contributed by atoms with Gasteiger partial charge in [-0.05, 0) is 13.0 Å². The predicted octanol–water partition coefficient (Wildman–Crippen LogP) is 0.0318. The number of esters is 2. The Hall–Kier alpha value is -1.22. The molecule has 0 aliphatic carbocycles. The van der Waals surface area contributed by atoms with Gasteiger partial charge in [0.2, 0.25) is 0 Å². The Balaban J connectivity index is 2.12. The largest absolute Gasteiger partial charge is 0.469 e. The van der Waals surface area contributed by atoms with Crippen LogP contribution in [0.15, 0.2) is 0 Å². The third-order valence-electron chi connectivity index (χ3n) is 4.94. The molecule has 0 unspecified atom stereocenters. The Kier molecular flexibility index (Phi) is 13.0. The zero-order valence-corrected chi connectivity index (χ0v) is 17.4. The second-order valence-corrected chi connectivity index (χ2v) is 6.93. The first kappa shape index (κ1) is 23.8. The molecule has 1 N–H and O–H groups in total. The second-order valence-electron chi connectivity index (χ2n) is 6.93. The van der Waals surface area contributed by atoms with Crippen molar-refractivity contribution in [2.75, 3.05) is 86.2 Å². The number of nitrogens with one attached hydrogen (secondary N) is 1. The summed E-state index contributed by atoms with van der Waals surface area (Å²) in [4.78, 5) is 29.7. The van der Waals surface area contributed by atoms with E-state index in [0.29, 0.717) is 19.4 Å². The van der Waals surface area contributed by atoms with Gasteiger partial charge in [-0.3, -0.25) is 19.4 Å². The van der Waals surface area contributed by atoms with Crippen LogP contribution in [0, 0.1) is 0 Å². The van der Waals surface area contributed by atoms with Gasteiger partial charge in [0.25, 0.3) is 0 Å². The van der Waals surface area contributed by atoms with Crippen LogP contribution in [-0.4, -0.2) is 113 Å². The molecule has 0 saturated carbocycles. The lowest BCUT2D eigenvalue weighted by atomic mass is 10.3. The maximum atomic E-state index is 11.3. The molecule has 0 radical (unpaired) electrons. The Labute approximate surface area is 164 Å². The highest BCUT2D eigenvalue weighted by Gasteiger charge is 2.17. The number of carbonyl (C=O) groups is 2. The minimum atomic E-state index is -0.167. The summed E-state index contributed by atoms with van der Waals surface area (Å²) in [6.45, 7) is 12.9. The third-order valence-corrected chi connectivity index (χ3v) is 4.94. The average Bonchev–Trinajstić information content (AvgIpc) is 2.70. The van der Waals surface area contributed by atoms with Gasteiger partial charge in [0.05, 0.1) is 27.1 Å². The molecule has 0 atom stereocenters. The Morgan fingerprint density at radius 1 is 0.852 bits per heavy atom. The van der Waals surface area contributed by atoms with Crippen LogP contribution in [0.4, 0.5) is 0 Å². The van der Waals surface area contributed by atoms with Crippen molar-refractivity contribution in [3.63, 3.8) is 0 Å². The van der Waals surface area contributed by atoms with Crippen molar-refractivity contribution in [3.05, 3.63) is 0 Å². The van der Waals surface area contributed by atoms with E-state index < -0.39 is 0 Å². The van der Waals surface area contributed by atoms with Crippen LogP contribution in [-0.2, 0) is 19.1 Å². The van der Waals surface area contributed by atoms with Crippen molar-refractivity contribution in [3.8, 4) is 0 Å². The molecule has 0 bridgehead atoms. The molecule has 0 amide bonds.